The van der Waals surface area contributed by atoms with Crippen LogP contribution in [0.15, 0.2) is 29.4 Å². The van der Waals surface area contributed by atoms with E-state index in [9.17, 15) is 0 Å². The highest BCUT2D eigenvalue weighted by Crippen LogP contribution is 2.24. The molecule has 0 aliphatic carbocycles. The third-order valence-corrected chi connectivity index (χ3v) is 3.57. The highest BCUT2D eigenvalue weighted by Gasteiger charge is 2.16. The van der Waals surface area contributed by atoms with Crippen molar-refractivity contribution in [2.45, 2.75) is 26.7 Å². The van der Waals surface area contributed by atoms with E-state index in [0.717, 1.165) is 49.5 Å². The highest BCUT2D eigenvalue weighted by molar-refractivity contribution is 6.03. The first-order valence-corrected chi connectivity index (χ1v) is 7.48. The molecule has 0 radical (unpaired) electrons. The smallest absolute Gasteiger partial charge is 0.128 e. The minimum atomic E-state index is 0.670. The molecular weight excluding hydrogens is 252 g/mol. The van der Waals surface area contributed by atoms with Crippen molar-refractivity contribution in [3.63, 3.8) is 0 Å². The molecule has 110 valence electrons. The SMILES string of the molecule is CCN(CC)CCCON=C1CCOc2ccccc21. The van der Waals surface area contributed by atoms with Gasteiger partial charge in [-0.3, -0.25) is 0 Å². The van der Waals surface area contributed by atoms with Crippen molar-refractivity contribution in [3.8, 4) is 5.75 Å². The summed E-state index contributed by atoms with van der Waals surface area (Å²) in [6.07, 6.45) is 1.82. The van der Waals surface area contributed by atoms with Crippen molar-refractivity contribution in [2.24, 2.45) is 5.16 Å². The van der Waals surface area contributed by atoms with E-state index in [1.165, 1.54) is 0 Å². The molecule has 0 unspecified atom stereocenters. The normalized spacial score (nSPS) is 16.1. The Bertz CT molecular complexity index is 442. The molecule has 1 heterocycles. The summed E-state index contributed by atoms with van der Waals surface area (Å²) in [4.78, 5) is 7.86. The molecule has 0 spiro atoms. The lowest BCUT2D eigenvalue weighted by Gasteiger charge is -2.19. The van der Waals surface area contributed by atoms with Gasteiger partial charge in [-0.1, -0.05) is 31.1 Å². The molecule has 1 aliphatic rings. The van der Waals surface area contributed by atoms with E-state index in [1.54, 1.807) is 0 Å². The fraction of sp³-hybridized carbons (Fsp3) is 0.562. The second-order valence-electron chi connectivity index (χ2n) is 4.85. The monoisotopic (exact) mass is 276 g/mol. The lowest BCUT2D eigenvalue weighted by Crippen LogP contribution is -2.24. The summed E-state index contributed by atoms with van der Waals surface area (Å²) in [6.45, 7) is 8.97. The molecule has 1 aliphatic heterocycles. The van der Waals surface area contributed by atoms with E-state index in [0.29, 0.717) is 13.2 Å². The first-order chi connectivity index (χ1) is 9.85. The maximum absolute atomic E-state index is 5.60. The van der Waals surface area contributed by atoms with Gasteiger partial charge < -0.3 is 14.5 Å². The highest BCUT2D eigenvalue weighted by atomic mass is 16.6. The molecule has 1 aromatic carbocycles. The average Bonchev–Trinajstić information content (AvgIpc) is 2.51. The Labute approximate surface area is 121 Å². The number of benzene rings is 1. The topological polar surface area (TPSA) is 34.1 Å². The minimum absolute atomic E-state index is 0.670. The maximum atomic E-state index is 5.60. The molecular formula is C16H24N2O2. The average molecular weight is 276 g/mol. The van der Waals surface area contributed by atoms with E-state index in [1.807, 2.05) is 24.3 Å². The molecule has 0 aromatic heterocycles. The van der Waals surface area contributed by atoms with E-state index >= 15 is 0 Å². The Balaban J connectivity index is 1.81. The largest absolute Gasteiger partial charge is 0.492 e. The third-order valence-electron chi connectivity index (χ3n) is 3.57. The fourth-order valence-electron chi connectivity index (χ4n) is 2.33. The molecule has 4 nitrogen and oxygen atoms in total. The Morgan fingerprint density at radius 2 is 2.05 bits per heavy atom. The third kappa shape index (κ3) is 3.97. The second-order valence-corrected chi connectivity index (χ2v) is 4.85. The van der Waals surface area contributed by atoms with Crippen LogP contribution in [0, 0.1) is 0 Å². The van der Waals surface area contributed by atoms with Gasteiger partial charge in [0.15, 0.2) is 0 Å². The summed E-state index contributed by atoms with van der Waals surface area (Å²) in [5.41, 5.74) is 2.05. The number of hydrogen-bond acceptors (Lipinski definition) is 4. The van der Waals surface area contributed by atoms with Gasteiger partial charge in [-0.05, 0) is 31.6 Å². The zero-order valence-corrected chi connectivity index (χ0v) is 12.5. The van der Waals surface area contributed by atoms with Crippen LogP contribution in [-0.2, 0) is 4.84 Å². The van der Waals surface area contributed by atoms with Crippen LogP contribution in [-0.4, -0.2) is 43.5 Å². The first-order valence-electron chi connectivity index (χ1n) is 7.48. The lowest BCUT2D eigenvalue weighted by molar-refractivity contribution is 0.129. The van der Waals surface area contributed by atoms with Gasteiger partial charge in [0.05, 0.1) is 12.3 Å². The van der Waals surface area contributed by atoms with Crippen LogP contribution in [0.2, 0.25) is 0 Å². The van der Waals surface area contributed by atoms with E-state index in [-0.39, 0.29) is 0 Å². The van der Waals surface area contributed by atoms with Gasteiger partial charge in [0.1, 0.15) is 12.4 Å². The van der Waals surface area contributed by atoms with E-state index < -0.39 is 0 Å². The Hall–Kier alpha value is -1.55. The molecule has 0 atom stereocenters. The number of oxime groups is 1. The Morgan fingerprint density at radius 3 is 2.85 bits per heavy atom. The van der Waals surface area contributed by atoms with Crippen LogP contribution in [0.25, 0.3) is 0 Å². The van der Waals surface area contributed by atoms with Crippen LogP contribution in [0.3, 0.4) is 0 Å². The number of rotatable bonds is 7. The van der Waals surface area contributed by atoms with Crippen molar-refractivity contribution >= 4 is 5.71 Å². The second kappa shape index (κ2) is 7.90. The van der Waals surface area contributed by atoms with Crippen LogP contribution >= 0.6 is 0 Å². The molecule has 0 bridgehead atoms. The fourth-order valence-corrected chi connectivity index (χ4v) is 2.33. The summed E-state index contributed by atoms with van der Waals surface area (Å²) < 4.78 is 5.60. The number of hydrogen-bond donors (Lipinski definition) is 0. The predicted molar refractivity (Wildman–Crippen MR) is 81.4 cm³/mol. The van der Waals surface area contributed by atoms with Gasteiger partial charge >= 0.3 is 0 Å². The maximum Gasteiger partial charge on any atom is 0.128 e. The summed E-state index contributed by atoms with van der Waals surface area (Å²) in [7, 11) is 0. The van der Waals surface area contributed by atoms with E-state index in [2.05, 4.69) is 23.9 Å². The molecule has 2 rings (SSSR count). The molecule has 0 amide bonds. The molecule has 4 heteroatoms. The van der Waals surface area contributed by atoms with Gasteiger partial charge in [-0.15, -0.1) is 0 Å². The molecule has 0 saturated heterocycles. The van der Waals surface area contributed by atoms with E-state index in [4.69, 9.17) is 9.57 Å². The molecule has 0 N–H and O–H groups in total. The molecule has 1 aromatic rings. The van der Waals surface area contributed by atoms with Crippen molar-refractivity contribution in [1.29, 1.82) is 0 Å². The standard InChI is InChI=1S/C16H24N2O2/c1-3-18(4-2)11-7-12-20-17-15-10-13-19-16-9-6-5-8-14(15)16/h5-6,8-9H,3-4,7,10-13H2,1-2H3. The van der Waals surface area contributed by atoms with Crippen LogP contribution in [0.1, 0.15) is 32.3 Å². The predicted octanol–water partition coefficient (Wildman–Crippen LogP) is 2.92. The van der Waals surface area contributed by atoms with Crippen molar-refractivity contribution in [1.82, 2.24) is 4.90 Å². The molecule has 20 heavy (non-hydrogen) atoms. The Kier molecular flexibility index (Phi) is 5.87. The molecule has 0 saturated carbocycles. The minimum Gasteiger partial charge on any atom is -0.492 e. The van der Waals surface area contributed by atoms with Crippen LogP contribution in [0.5, 0.6) is 5.75 Å². The van der Waals surface area contributed by atoms with Gasteiger partial charge in [0.2, 0.25) is 0 Å². The van der Waals surface area contributed by atoms with Crippen LogP contribution < -0.4 is 4.74 Å². The zero-order valence-electron chi connectivity index (χ0n) is 12.5. The quantitative estimate of drug-likeness (QED) is 0.567. The van der Waals surface area contributed by atoms with Gasteiger partial charge in [0, 0.05) is 18.5 Å². The number of nitrogens with zero attached hydrogens (tertiary/aromatic N) is 2. The number of para-hydroxylation sites is 1. The summed E-state index contributed by atoms with van der Waals surface area (Å²) in [5, 5.41) is 4.29. The number of ether oxygens (including phenoxy) is 1. The summed E-state index contributed by atoms with van der Waals surface area (Å²) in [5.74, 6) is 0.907. The zero-order chi connectivity index (χ0) is 14.2. The summed E-state index contributed by atoms with van der Waals surface area (Å²) >= 11 is 0. The van der Waals surface area contributed by atoms with Crippen LogP contribution in [0.4, 0.5) is 0 Å². The van der Waals surface area contributed by atoms with Crippen molar-refractivity contribution < 1.29 is 9.57 Å². The van der Waals surface area contributed by atoms with Gasteiger partial charge in [0.25, 0.3) is 0 Å². The molecule has 0 fully saturated rings. The van der Waals surface area contributed by atoms with Crippen molar-refractivity contribution in [3.05, 3.63) is 29.8 Å². The lowest BCUT2D eigenvalue weighted by atomic mass is 10.0. The van der Waals surface area contributed by atoms with Gasteiger partial charge in [-0.2, -0.15) is 0 Å². The summed E-state index contributed by atoms with van der Waals surface area (Å²) in [6, 6.07) is 7.99. The first kappa shape index (κ1) is 14.9. The van der Waals surface area contributed by atoms with Gasteiger partial charge in [-0.25, -0.2) is 0 Å². The Morgan fingerprint density at radius 1 is 1.25 bits per heavy atom. The van der Waals surface area contributed by atoms with Crippen molar-refractivity contribution in [2.75, 3.05) is 32.8 Å². The number of fused-ring (bicyclic) bond motifs is 1.